The number of imide groups is 1. The fourth-order valence-electron chi connectivity index (χ4n) is 2.57. The van der Waals surface area contributed by atoms with Crippen LogP contribution in [0.15, 0.2) is 17.0 Å². The smallest absolute Gasteiger partial charge is 0.328 e. The van der Waals surface area contributed by atoms with Crippen molar-refractivity contribution in [3.63, 3.8) is 0 Å². The van der Waals surface area contributed by atoms with Crippen molar-refractivity contribution in [2.75, 3.05) is 13.7 Å². The minimum Gasteiger partial charge on any atom is -0.490 e. The lowest BCUT2D eigenvalue weighted by molar-refractivity contribution is -0.148. The van der Waals surface area contributed by atoms with E-state index in [1.807, 2.05) is 20.8 Å². The van der Waals surface area contributed by atoms with Gasteiger partial charge in [-0.1, -0.05) is 18.5 Å². The molecule has 0 unspecified atom stereocenters. The summed E-state index contributed by atoms with van der Waals surface area (Å²) in [7, 11) is 1.20. The van der Waals surface area contributed by atoms with Crippen LogP contribution in [0.4, 0.5) is 4.79 Å². The Kier molecular flexibility index (Phi) is 7.98. The highest BCUT2D eigenvalue weighted by Gasteiger charge is 2.41. The molecule has 2 amide bonds. The maximum atomic E-state index is 12.6. The Balaban J connectivity index is 2.37. The normalized spacial score (nSPS) is 17.4. The fraction of sp³-hybridized carbons (Fsp3) is 0.450. The van der Waals surface area contributed by atoms with E-state index in [0.717, 1.165) is 23.1 Å². The van der Waals surface area contributed by atoms with Gasteiger partial charge in [-0.2, -0.15) is 0 Å². The number of esters is 1. The Hall–Kier alpha value is -2.19. The van der Waals surface area contributed by atoms with Gasteiger partial charge in [-0.3, -0.25) is 14.5 Å². The molecule has 158 valence electrons. The number of hydrogen-bond acceptors (Lipinski definition) is 7. The van der Waals surface area contributed by atoms with E-state index < -0.39 is 23.2 Å². The number of carbonyl (C=O) groups excluding carboxylic acids is 3. The lowest BCUT2D eigenvalue weighted by atomic mass is 10.1. The van der Waals surface area contributed by atoms with Crippen LogP contribution in [-0.4, -0.2) is 47.9 Å². The van der Waals surface area contributed by atoms with Crippen molar-refractivity contribution >= 4 is 46.6 Å². The number of carbonyl (C=O) groups is 3. The van der Waals surface area contributed by atoms with Crippen LogP contribution >= 0.6 is 23.4 Å². The van der Waals surface area contributed by atoms with Crippen LogP contribution in [0.25, 0.3) is 6.08 Å². The predicted molar refractivity (Wildman–Crippen MR) is 112 cm³/mol. The Morgan fingerprint density at radius 1 is 1.28 bits per heavy atom. The monoisotopic (exact) mass is 441 g/mol. The van der Waals surface area contributed by atoms with Crippen LogP contribution in [0.1, 0.15) is 39.7 Å². The van der Waals surface area contributed by atoms with Crippen LogP contribution in [-0.2, 0) is 14.3 Å². The molecule has 7 nitrogen and oxygen atoms in total. The predicted octanol–water partition coefficient (Wildman–Crippen LogP) is 4.51. The first-order valence-corrected chi connectivity index (χ1v) is 10.4. The molecule has 0 spiro atoms. The van der Waals surface area contributed by atoms with Gasteiger partial charge < -0.3 is 14.2 Å². The first-order chi connectivity index (χ1) is 13.7. The van der Waals surface area contributed by atoms with Crippen molar-refractivity contribution in [1.82, 2.24) is 4.90 Å². The Bertz CT molecular complexity index is 841. The maximum Gasteiger partial charge on any atom is 0.328 e. The molecule has 9 heteroatoms. The average molecular weight is 442 g/mol. The summed E-state index contributed by atoms with van der Waals surface area (Å²) in [5.41, 5.74) is 0.575. The molecule has 0 N–H and O–H groups in total. The molecule has 1 aromatic carbocycles. The minimum atomic E-state index is -1.01. The van der Waals surface area contributed by atoms with Gasteiger partial charge in [0.2, 0.25) is 0 Å². The summed E-state index contributed by atoms with van der Waals surface area (Å²) in [4.78, 5) is 37.7. The first kappa shape index (κ1) is 23.1. The molecule has 1 fully saturated rings. The summed E-state index contributed by atoms with van der Waals surface area (Å²) >= 11 is 7.15. The molecular formula is C20H24ClNO6S. The van der Waals surface area contributed by atoms with Crippen LogP contribution in [0.3, 0.4) is 0 Å². The fourth-order valence-corrected chi connectivity index (χ4v) is 3.75. The third-order valence-corrected chi connectivity index (χ3v) is 5.44. The van der Waals surface area contributed by atoms with Crippen molar-refractivity contribution < 1.29 is 28.6 Å². The molecule has 29 heavy (non-hydrogen) atoms. The van der Waals surface area contributed by atoms with Gasteiger partial charge in [0.1, 0.15) is 6.04 Å². The lowest BCUT2D eigenvalue weighted by Crippen LogP contribution is -2.42. The molecule has 1 aromatic rings. The maximum absolute atomic E-state index is 12.6. The van der Waals surface area contributed by atoms with Gasteiger partial charge in [0.15, 0.2) is 11.5 Å². The van der Waals surface area contributed by atoms with Crippen LogP contribution in [0.2, 0.25) is 5.02 Å². The number of rotatable bonds is 8. The average Bonchev–Trinajstić information content (AvgIpc) is 2.96. The third kappa shape index (κ3) is 5.25. The molecule has 0 aliphatic carbocycles. The molecule has 1 heterocycles. The highest BCUT2D eigenvalue weighted by Crippen LogP contribution is 2.40. The zero-order valence-corrected chi connectivity index (χ0v) is 18.6. The van der Waals surface area contributed by atoms with E-state index in [9.17, 15) is 14.4 Å². The number of hydrogen-bond donors (Lipinski definition) is 0. The number of benzene rings is 1. The summed E-state index contributed by atoms with van der Waals surface area (Å²) < 4.78 is 16.1. The number of methoxy groups -OCH3 is 1. The summed E-state index contributed by atoms with van der Waals surface area (Å²) in [5, 5.41) is -0.198. The Morgan fingerprint density at radius 2 is 1.97 bits per heavy atom. The highest BCUT2D eigenvalue weighted by atomic mass is 35.5. The SMILES string of the molecule is CCOc1cc(/C=C2/SC(=O)N([C@H](C)C(=O)OC)C2=O)cc(Cl)c1O[C@@H](C)CC. The number of nitrogens with zero attached hydrogens (tertiary/aromatic N) is 1. The van der Waals surface area contributed by atoms with Crippen LogP contribution in [0, 0.1) is 0 Å². The summed E-state index contributed by atoms with van der Waals surface area (Å²) in [5.74, 6) is -0.338. The van der Waals surface area contributed by atoms with Crippen molar-refractivity contribution in [3.8, 4) is 11.5 Å². The number of ether oxygens (including phenoxy) is 3. The van der Waals surface area contributed by atoms with Crippen molar-refractivity contribution in [3.05, 3.63) is 27.6 Å². The summed E-state index contributed by atoms with van der Waals surface area (Å²) in [6.45, 7) is 7.62. The highest BCUT2D eigenvalue weighted by molar-refractivity contribution is 8.18. The van der Waals surface area contributed by atoms with Gasteiger partial charge in [0.05, 0.1) is 29.7 Å². The first-order valence-electron chi connectivity index (χ1n) is 9.21. The van der Waals surface area contributed by atoms with E-state index in [-0.39, 0.29) is 11.0 Å². The van der Waals surface area contributed by atoms with Gasteiger partial charge >= 0.3 is 5.97 Å². The Morgan fingerprint density at radius 3 is 2.55 bits per heavy atom. The second-order valence-electron chi connectivity index (χ2n) is 6.35. The van der Waals surface area contributed by atoms with E-state index in [2.05, 4.69) is 4.74 Å². The summed E-state index contributed by atoms with van der Waals surface area (Å²) in [6.07, 6.45) is 2.29. The molecule has 1 saturated heterocycles. The molecular weight excluding hydrogens is 418 g/mol. The van der Waals surface area contributed by atoms with E-state index >= 15 is 0 Å². The largest absolute Gasteiger partial charge is 0.490 e. The van der Waals surface area contributed by atoms with Crippen molar-refractivity contribution in [2.24, 2.45) is 0 Å². The lowest BCUT2D eigenvalue weighted by Gasteiger charge is -2.19. The second-order valence-corrected chi connectivity index (χ2v) is 7.75. The van der Waals surface area contributed by atoms with E-state index in [1.165, 1.54) is 20.1 Å². The van der Waals surface area contributed by atoms with E-state index in [0.29, 0.717) is 28.7 Å². The molecule has 2 atom stereocenters. The molecule has 0 bridgehead atoms. The van der Waals surface area contributed by atoms with E-state index in [4.69, 9.17) is 21.1 Å². The van der Waals surface area contributed by atoms with Gasteiger partial charge in [-0.25, -0.2) is 4.79 Å². The number of thioether (sulfide) groups is 1. The zero-order chi connectivity index (χ0) is 21.7. The Labute approximate surface area is 179 Å². The standard InChI is InChI=1S/C20H24ClNO6S/c1-6-11(3)28-17-14(21)8-13(9-15(17)27-7-2)10-16-18(23)22(20(25)29-16)12(4)19(24)26-5/h8-12H,6-7H2,1-5H3/b16-10+/t11-,12+/m0/s1. The van der Waals surface area contributed by atoms with Crippen molar-refractivity contribution in [2.45, 2.75) is 46.3 Å². The van der Waals surface area contributed by atoms with Crippen molar-refractivity contribution in [1.29, 1.82) is 0 Å². The second kappa shape index (κ2) is 10.0. The van der Waals surface area contributed by atoms with Gasteiger partial charge in [0.25, 0.3) is 11.1 Å². The summed E-state index contributed by atoms with van der Waals surface area (Å²) in [6, 6.07) is 2.33. The van der Waals surface area contributed by atoms with Gasteiger partial charge in [0, 0.05) is 0 Å². The number of amides is 2. The quantitative estimate of drug-likeness (QED) is 0.433. The third-order valence-electron chi connectivity index (χ3n) is 4.28. The number of halogens is 1. The molecule has 1 aliphatic heterocycles. The molecule has 0 radical (unpaired) electrons. The van der Waals surface area contributed by atoms with Crippen LogP contribution < -0.4 is 9.47 Å². The van der Waals surface area contributed by atoms with Crippen LogP contribution in [0.5, 0.6) is 11.5 Å². The zero-order valence-electron chi connectivity index (χ0n) is 17.0. The van der Waals surface area contributed by atoms with Gasteiger partial charge in [-0.05, 0) is 62.7 Å². The minimum absolute atomic E-state index is 0.0473. The molecule has 0 aromatic heterocycles. The molecule has 0 saturated carbocycles. The topological polar surface area (TPSA) is 82.1 Å². The van der Waals surface area contributed by atoms with Gasteiger partial charge in [-0.15, -0.1) is 0 Å². The molecule has 2 rings (SSSR count). The molecule has 1 aliphatic rings. The van der Waals surface area contributed by atoms with E-state index in [1.54, 1.807) is 12.1 Å².